The third-order valence-electron chi connectivity index (χ3n) is 3.90. The zero-order chi connectivity index (χ0) is 11.2. The van der Waals surface area contributed by atoms with E-state index in [1.807, 2.05) is 0 Å². The molecule has 0 atom stereocenters. The first kappa shape index (κ1) is 9.87. The average Bonchev–Trinajstić information content (AvgIpc) is 2.89. The number of carboxylic acids is 1. The molecule has 0 amide bonds. The highest BCUT2D eigenvalue weighted by molar-refractivity contribution is 5.70. The molecule has 2 aliphatic rings. The Hall–Kier alpha value is -1.32. The highest BCUT2D eigenvalue weighted by Crippen LogP contribution is 2.52. The van der Waals surface area contributed by atoms with Crippen LogP contribution in [0.5, 0.6) is 0 Å². The summed E-state index contributed by atoms with van der Waals surface area (Å²) in [6.45, 7) is 0. The first-order valence-electron chi connectivity index (χ1n) is 6.00. The molecule has 1 aromatic heterocycles. The van der Waals surface area contributed by atoms with Gasteiger partial charge >= 0.3 is 5.97 Å². The van der Waals surface area contributed by atoms with Crippen molar-refractivity contribution >= 4 is 5.97 Å². The molecule has 0 saturated heterocycles. The molecule has 1 saturated carbocycles. The van der Waals surface area contributed by atoms with Gasteiger partial charge in [-0.1, -0.05) is 0 Å². The van der Waals surface area contributed by atoms with Crippen LogP contribution in [-0.2, 0) is 23.1 Å². The van der Waals surface area contributed by atoms with E-state index in [1.54, 1.807) is 0 Å². The van der Waals surface area contributed by atoms with Crippen molar-refractivity contribution in [3.8, 4) is 0 Å². The number of aromatic amines is 1. The molecule has 2 N–H and O–H groups in total. The maximum Gasteiger partial charge on any atom is 0.304 e. The van der Waals surface area contributed by atoms with Crippen molar-refractivity contribution in [3.05, 3.63) is 17.0 Å². The fourth-order valence-corrected chi connectivity index (χ4v) is 2.86. The summed E-state index contributed by atoms with van der Waals surface area (Å²) >= 11 is 0. The summed E-state index contributed by atoms with van der Waals surface area (Å²) in [6.07, 6.45) is 6.79. The highest BCUT2D eigenvalue weighted by Gasteiger charge is 2.49. The molecule has 2 aliphatic carbocycles. The molecule has 0 aromatic carbocycles. The van der Waals surface area contributed by atoms with Crippen molar-refractivity contribution < 1.29 is 9.90 Å². The summed E-state index contributed by atoms with van der Waals surface area (Å²) < 4.78 is 0. The lowest BCUT2D eigenvalue weighted by atomic mass is 9.88. The van der Waals surface area contributed by atoms with E-state index in [-0.39, 0.29) is 11.8 Å². The molecule has 4 nitrogen and oxygen atoms in total. The smallest absolute Gasteiger partial charge is 0.304 e. The van der Waals surface area contributed by atoms with E-state index < -0.39 is 5.97 Å². The Bertz CT molecular complexity index is 432. The molecule has 4 heteroatoms. The minimum Gasteiger partial charge on any atom is -0.481 e. The van der Waals surface area contributed by atoms with Gasteiger partial charge in [-0.25, -0.2) is 0 Å². The highest BCUT2D eigenvalue weighted by atomic mass is 16.4. The number of hydrogen-bond donors (Lipinski definition) is 2. The van der Waals surface area contributed by atoms with Gasteiger partial charge in [0.05, 0.1) is 12.1 Å². The molecule has 1 fully saturated rings. The van der Waals surface area contributed by atoms with Crippen LogP contribution in [0.2, 0.25) is 0 Å². The minimum absolute atomic E-state index is 0.132. The van der Waals surface area contributed by atoms with E-state index in [0.717, 1.165) is 31.4 Å². The SMILES string of the molecule is O=C(O)CC1(c2n[nH]c3c2CCCC3)CC1. The standard InChI is InChI=1S/C12H16N2O2/c15-10(16)7-12(5-6-12)11-8-3-1-2-4-9(8)13-14-11/h1-7H2,(H,13,14)(H,15,16). The van der Waals surface area contributed by atoms with Crippen LogP contribution in [0.1, 0.15) is 49.1 Å². The molecule has 0 spiro atoms. The van der Waals surface area contributed by atoms with Crippen molar-refractivity contribution in [2.75, 3.05) is 0 Å². The van der Waals surface area contributed by atoms with Gasteiger partial charge in [0, 0.05) is 11.1 Å². The van der Waals surface area contributed by atoms with E-state index >= 15 is 0 Å². The van der Waals surface area contributed by atoms with Crippen molar-refractivity contribution in [1.82, 2.24) is 10.2 Å². The van der Waals surface area contributed by atoms with Crippen LogP contribution in [0.15, 0.2) is 0 Å². The van der Waals surface area contributed by atoms with Crippen LogP contribution in [-0.4, -0.2) is 21.3 Å². The number of aromatic nitrogens is 2. The largest absolute Gasteiger partial charge is 0.481 e. The van der Waals surface area contributed by atoms with Crippen LogP contribution < -0.4 is 0 Å². The van der Waals surface area contributed by atoms with Gasteiger partial charge in [0.15, 0.2) is 0 Å². The van der Waals surface area contributed by atoms with E-state index in [0.29, 0.717) is 0 Å². The predicted octanol–water partition coefficient (Wildman–Crippen LogP) is 1.79. The number of aryl methyl sites for hydroxylation is 1. The summed E-state index contributed by atoms with van der Waals surface area (Å²) in [5.41, 5.74) is 3.50. The summed E-state index contributed by atoms with van der Waals surface area (Å²) in [4.78, 5) is 10.9. The minimum atomic E-state index is -0.704. The van der Waals surface area contributed by atoms with Gasteiger partial charge in [-0.2, -0.15) is 5.10 Å². The fourth-order valence-electron chi connectivity index (χ4n) is 2.86. The number of aliphatic carboxylic acids is 1. The van der Waals surface area contributed by atoms with Crippen LogP contribution in [0, 0.1) is 0 Å². The second-order valence-electron chi connectivity index (χ2n) is 5.09. The average molecular weight is 220 g/mol. The van der Waals surface area contributed by atoms with Gasteiger partial charge in [0.25, 0.3) is 0 Å². The van der Waals surface area contributed by atoms with Crippen LogP contribution in [0.25, 0.3) is 0 Å². The summed E-state index contributed by atoms with van der Waals surface area (Å²) in [7, 11) is 0. The summed E-state index contributed by atoms with van der Waals surface area (Å²) in [5, 5.41) is 16.5. The monoisotopic (exact) mass is 220 g/mol. The van der Waals surface area contributed by atoms with Crippen molar-refractivity contribution in [1.29, 1.82) is 0 Å². The van der Waals surface area contributed by atoms with Crippen molar-refractivity contribution in [2.45, 2.75) is 50.4 Å². The lowest BCUT2D eigenvalue weighted by Crippen LogP contribution is -2.16. The second-order valence-corrected chi connectivity index (χ2v) is 5.09. The lowest BCUT2D eigenvalue weighted by molar-refractivity contribution is -0.137. The quantitative estimate of drug-likeness (QED) is 0.816. The van der Waals surface area contributed by atoms with E-state index in [4.69, 9.17) is 5.11 Å². The number of nitrogens with zero attached hydrogens (tertiary/aromatic N) is 1. The fraction of sp³-hybridized carbons (Fsp3) is 0.667. The Balaban J connectivity index is 1.94. The Kier molecular flexibility index (Phi) is 2.06. The second kappa shape index (κ2) is 3.34. The number of nitrogens with one attached hydrogen (secondary N) is 1. The Morgan fingerprint density at radius 2 is 2.12 bits per heavy atom. The topological polar surface area (TPSA) is 66.0 Å². The molecule has 3 rings (SSSR count). The molecule has 0 unspecified atom stereocenters. The molecule has 1 heterocycles. The molecule has 0 bridgehead atoms. The van der Waals surface area contributed by atoms with Gasteiger partial charge in [-0.3, -0.25) is 9.89 Å². The van der Waals surface area contributed by atoms with E-state index in [9.17, 15) is 4.79 Å². The number of carboxylic acid groups (broad SMARTS) is 1. The maximum atomic E-state index is 10.9. The molecular formula is C12H16N2O2. The zero-order valence-electron chi connectivity index (χ0n) is 9.25. The van der Waals surface area contributed by atoms with Gasteiger partial charge in [-0.05, 0) is 44.1 Å². The summed E-state index contributed by atoms with van der Waals surface area (Å²) in [5.74, 6) is -0.704. The molecule has 0 radical (unpaired) electrons. The third kappa shape index (κ3) is 1.44. The van der Waals surface area contributed by atoms with Crippen molar-refractivity contribution in [2.24, 2.45) is 0 Å². The maximum absolute atomic E-state index is 10.9. The predicted molar refractivity (Wildman–Crippen MR) is 58.4 cm³/mol. The number of rotatable bonds is 3. The Labute approximate surface area is 94.1 Å². The number of H-pyrrole nitrogens is 1. The lowest BCUT2D eigenvalue weighted by Gasteiger charge is -2.15. The molecule has 16 heavy (non-hydrogen) atoms. The molecule has 1 aromatic rings. The first-order valence-corrected chi connectivity index (χ1v) is 6.00. The zero-order valence-corrected chi connectivity index (χ0v) is 9.25. The molecule has 86 valence electrons. The summed E-state index contributed by atoms with van der Waals surface area (Å²) in [6, 6.07) is 0. The van der Waals surface area contributed by atoms with E-state index in [2.05, 4.69) is 10.2 Å². The Morgan fingerprint density at radius 1 is 1.38 bits per heavy atom. The Morgan fingerprint density at radius 3 is 2.81 bits per heavy atom. The van der Waals surface area contributed by atoms with Gasteiger partial charge in [-0.15, -0.1) is 0 Å². The number of fused-ring (bicyclic) bond motifs is 1. The molecular weight excluding hydrogens is 204 g/mol. The number of carbonyl (C=O) groups is 1. The van der Waals surface area contributed by atoms with E-state index in [1.165, 1.54) is 24.1 Å². The normalized spacial score (nSPS) is 21.5. The number of hydrogen-bond acceptors (Lipinski definition) is 2. The van der Waals surface area contributed by atoms with Crippen LogP contribution in [0.4, 0.5) is 0 Å². The third-order valence-corrected chi connectivity index (χ3v) is 3.90. The molecule has 0 aliphatic heterocycles. The van der Waals surface area contributed by atoms with Gasteiger partial charge in [0.1, 0.15) is 0 Å². The van der Waals surface area contributed by atoms with Gasteiger partial charge < -0.3 is 5.11 Å². The van der Waals surface area contributed by atoms with Crippen LogP contribution >= 0.6 is 0 Å². The van der Waals surface area contributed by atoms with Gasteiger partial charge in [0.2, 0.25) is 0 Å². The van der Waals surface area contributed by atoms with Crippen molar-refractivity contribution in [3.63, 3.8) is 0 Å². The first-order chi connectivity index (χ1) is 7.71. The van der Waals surface area contributed by atoms with Crippen LogP contribution in [0.3, 0.4) is 0 Å².